The number of ether oxygens (including phenoxy) is 1. The molecular formula is C23H21NO2. The van der Waals surface area contributed by atoms with E-state index in [4.69, 9.17) is 4.74 Å². The smallest absolute Gasteiger partial charge is 0.337 e. The van der Waals surface area contributed by atoms with Crippen LogP contribution in [0.15, 0.2) is 78.9 Å². The predicted octanol–water partition coefficient (Wildman–Crippen LogP) is 4.97. The Labute approximate surface area is 153 Å². The fourth-order valence-electron chi connectivity index (χ4n) is 3.73. The van der Waals surface area contributed by atoms with Crippen molar-refractivity contribution < 1.29 is 9.53 Å². The van der Waals surface area contributed by atoms with Gasteiger partial charge in [0, 0.05) is 11.6 Å². The molecule has 2 atom stereocenters. The first-order valence-electron chi connectivity index (χ1n) is 8.84. The lowest BCUT2D eigenvalue weighted by Crippen LogP contribution is -2.26. The Kier molecular flexibility index (Phi) is 4.44. The lowest BCUT2D eigenvalue weighted by molar-refractivity contribution is 0.0600. The number of hydrogen-bond acceptors (Lipinski definition) is 3. The lowest BCUT2D eigenvalue weighted by Gasteiger charge is -2.35. The second kappa shape index (κ2) is 7.04. The summed E-state index contributed by atoms with van der Waals surface area (Å²) in [6.07, 6.45) is 0.983. The van der Waals surface area contributed by atoms with Crippen LogP contribution >= 0.6 is 0 Å². The first kappa shape index (κ1) is 16.4. The van der Waals surface area contributed by atoms with E-state index in [1.165, 1.54) is 29.5 Å². The van der Waals surface area contributed by atoms with Crippen LogP contribution in [-0.4, -0.2) is 13.1 Å². The van der Waals surface area contributed by atoms with Crippen molar-refractivity contribution in [3.8, 4) is 0 Å². The van der Waals surface area contributed by atoms with Gasteiger partial charge in [-0.05, 0) is 41.3 Å². The highest BCUT2D eigenvalue weighted by Crippen LogP contribution is 2.42. The molecule has 3 heteroatoms. The minimum Gasteiger partial charge on any atom is -0.465 e. The third-order valence-electron chi connectivity index (χ3n) is 5.09. The Bertz CT molecular complexity index is 903. The van der Waals surface area contributed by atoms with Crippen molar-refractivity contribution in [3.63, 3.8) is 0 Å². The number of para-hydroxylation sites is 1. The van der Waals surface area contributed by atoms with Gasteiger partial charge in [-0.2, -0.15) is 0 Å². The van der Waals surface area contributed by atoms with Gasteiger partial charge in [0.05, 0.1) is 18.7 Å². The summed E-state index contributed by atoms with van der Waals surface area (Å²) >= 11 is 0. The molecule has 26 heavy (non-hydrogen) atoms. The summed E-state index contributed by atoms with van der Waals surface area (Å²) in [4.78, 5) is 11.7. The molecule has 0 bridgehead atoms. The van der Waals surface area contributed by atoms with Crippen molar-refractivity contribution in [2.75, 3.05) is 12.4 Å². The van der Waals surface area contributed by atoms with Crippen molar-refractivity contribution >= 4 is 11.7 Å². The number of carbonyl (C=O) groups is 1. The summed E-state index contributed by atoms with van der Waals surface area (Å²) in [6.45, 7) is 0. The van der Waals surface area contributed by atoms with Gasteiger partial charge in [-0.25, -0.2) is 4.79 Å². The molecule has 0 aliphatic carbocycles. The van der Waals surface area contributed by atoms with E-state index in [0.717, 1.165) is 6.42 Å². The molecule has 3 nitrogen and oxygen atoms in total. The second-order valence-corrected chi connectivity index (χ2v) is 6.61. The lowest BCUT2D eigenvalue weighted by atomic mass is 9.79. The van der Waals surface area contributed by atoms with Crippen LogP contribution in [-0.2, 0) is 11.2 Å². The van der Waals surface area contributed by atoms with Crippen LogP contribution in [0.25, 0.3) is 0 Å². The first-order valence-corrected chi connectivity index (χ1v) is 8.84. The molecule has 1 N–H and O–H groups in total. The number of methoxy groups -OCH3 is 1. The highest BCUT2D eigenvalue weighted by Gasteiger charge is 2.30. The highest BCUT2D eigenvalue weighted by molar-refractivity contribution is 5.89. The summed E-state index contributed by atoms with van der Waals surface area (Å²) in [7, 11) is 1.40. The molecule has 0 unspecified atom stereocenters. The van der Waals surface area contributed by atoms with Gasteiger partial charge in [-0.3, -0.25) is 0 Å². The molecule has 0 saturated carbocycles. The minimum absolute atomic E-state index is 0.152. The largest absolute Gasteiger partial charge is 0.465 e. The molecular weight excluding hydrogens is 322 g/mol. The molecule has 0 radical (unpaired) electrons. The zero-order valence-corrected chi connectivity index (χ0v) is 14.7. The van der Waals surface area contributed by atoms with Crippen LogP contribution < -0.4 is 5.32 Å². The Balaban J connectivity index is 1.72. The van der Waals surface area contributed by atoms with Gasteiger partial charge < -0.3 is 10.1 Å². The second-order valence-electron chi connectivity index (χ2n) is 6.61. The molecule has 0 amide bonds. The summed E-state index contributed by atoms with van der Waals surface area (Å²) in [6, 6.07) is 27.0. The molecule has 130 valence electrons. The number of hydrogen-bond donors (Lipinski definition) is 1. The van der Waals surface area contributed by atoms with Crippen molar-refractivity contribution in [3.05, 3.63) is 101 Å². The number of anilines is 1. The fourth-order valence-corrected chi connectivity index (χ4v) is 3.73. The molecule has 3 aromatic carbocycles. The molecule has 0 spiro atoms. The third kappa shape index (κ3) is 3.08. The van der Waals surface area contributed by atoms with Crippen LogP contribution in [0.2, 0.25) is 0 Å². The maximum absolute atomic E-state index is 11.7. The fraction of sp³-hybridized carbons (Fsp3) is 0.174. The van der Waals surface area contributed by atoms with Crippen LogP contribution in [0.3, 0.4) is 0 Å². The summed E-state index contributed by atoms with van der Waals surface area (Å²) < 4.78 is 4.80. The van der Waals surface area contributed by atoms with Gasteiger partial charge in [0.25, 0.3) is 0 Å². The average Bonchev–Trinajstić information content (AvgIpc) is 2.73. The minimum atomic E-state index is -0.307. The molecule has 0 fully saturated rings. The predicted molar refractivity (Wildman–Crippen MR) is 103 cm³/mol. The van der Waals surface area contributed by atoms with E-state index in [1.807, 2.05) is 30.3 Å². The van der Waals surface area contributed by atoms with E-state index >= 15 is 0 Å². The quantitative estimate of drug-likeness (QED) is 0.683. The Hall–Kier alpha value is -3.07. The third-order valence-corrected chi connectivity index (χ3v) is 5.09. The molecule has 4 rings (SSSR count). The van der Waals surface area contributed by atoms with E-state index < -0.39 is 0 Å². The standard InChI is InChI=1S/C23H21NO2/c1-26-23(25)18-13-11-17(12-14-18)22-20(16-7-3-2-4-8-16)15-19-9-5-6-10-21(19)24-22/h2-14,20,22,24H,15H2,1H3/t20-,22-/m0/s1. The van der Waals surface area contributed by atoms with Gasteiger partial charge in [-0.15, -0.1) is 0 Å². The summed E-state index contributed by atoms with van der Waals surface area (Å²) in [5.41, 5.74) is 5.58. The van der Waals surface area contributed by atoms with Gasteiger partial charge in [0.1, 0.15) is 0 Å². The van der Waals surface area contributed by atoms with Crippen LogP contribution in [0.4, 0.5) is 5.69 Å². The Morgan fingerprint density at radius 2 is 1.58 bits per heavy atom. The first-order chi connectivity index (χ1) is 12.8. The number of nitrogens with one attached hydrogen (secondary N) is 1. The SMILES string of the molecule is COC(=O)c1ccc([C@@H]2Nc3ccccc3C[C@H]2c2ccccc2)cc1. The van der Waals surface area contributed by atoms with Gasteiger partial charge in [-0.1, -0.05) is 60.7 Å². The van der Waals surface area contributed by atoms with Crippen molar-refractivity contribution in [2.24, 2.45) is 0 Å². The molecule has 1 heterocycles. The van der Waals surface area contributed by atoms with Crippen molar-refractivity contribution in [2.45, 2.75) is 18.4 Å². The van der Waals surface area contributed by atoms with Gasteiger partial charge in [0.15, 0.2) is 0 Å². The van der Waals surface area contributed by atoms with E-state index in [-0.39, 0.29) is 12.0 Å². The molecule has 1 aliphatic rings. The molecule has 0 saturated heterocycles. The Morgan fingerprint density at radius 3 is 2.31 bits per heavy atom. The van der Waals surface area contributed by atoms with Crippen molar-refractivity contribution in [1.29, 1.82) is 0 Å². The Morgan fingerprint density at radius 1 is 0.885 bits per heavy atom. The van der Waals surface area contributed by atoms with Crippen molar-refractivity contribution in [1.82, 2.24) is 0 Å². The zero-order valence-electron chi connectivity index (χ0n) is 14.7. The average molecular weight is 343 g/mol. The molecule has 3 aromatic rings. The topological polar surface area (TPSA) is 38.3 Å². The number of rotatable bonds is 3. The van der Waals surface area contributed by atoms with E-state index in [0.29, 0.717) is 11.5 Å². The number of esters is 1. The zero-order chi connectivity index (χ0) is 17.9. The maximum Gasteiger partial charge on any atom is 0.337 e. The van der Waals surface area contributed by atoms with Gasteiger partial charge in [0.2, 0.25) is 0 Å². The molecule has 1 aliphatic heterocycles. The number of carbonyl (C=O) groups excluding carboxylic acids is 1. The monoisotopic (exact) mass is 343 g/mol. The van der Waals surface area contributed by atoms with E-state index in [1.54, 1.807) is 0 Å². The van der Waals surface area contributed by atoms with Crippen LogP contribution in [0.1, 0.15) is 39.0 Å². The summed E-state index contributed by atoms with van der Waals surface area (Å²) in [5.74, 6) is 0.0215. The van der Waals surface area contributed by atoms with Crippen LogP contribution in [0.5, 0.6) is 0 Å². The number of benzene rings is 3. The number of fused-ring (bicyclic) bond motifs is 1. The van der Waals surface area contributed by atoms with Crippen LogP contribution in [0, 0.1) is 0 Å². The van der Waals surface area contributed by atoms with E-state index in [9.17, 15) is 4.79 Å². The van der Waals surface area contributed by atoms with E-state index in [2.05, 4.69) is 53.8 Å². The molecule has 0 aromatic heterocycles. The summed E-state index contributed by atoms with van der Waals surface area (Å²) in [5, 5.41) is 3.71. The maximum atomic E-state index is 11.7. The normalized spacial score (nSPS) is 18.5. The van der Waals surface area contributed by atoms with Gasteiger partial charge >= 0.3 is 5.97 Å². The highest BCUT2D eigenvalue weighted by atomic mass is 16.5.